The van der Waals surface area contributed by atoms with Crippen molar-refractivity contribution in [3.05, 3.63) is 132 Å². The Morgan fingerprint density at radius 3 is 2.27 bits per heavy atom. The summed E-state index contributed by atoms with van der Waals surface area (Å²) in [5.41, 5.74) is 9.99. The molecule has 6 aromatic rings. The normalized spacial score (nSPS) is 13.6. The second-order valence-corrected chi connectivity index (χ2v) is 11.0. The molecule has 1 aliphatic rings. The highest BCUT2D eigenvalue weighted by Crippen LogP contribution is 2.52. The third kappa shape index (κ3) is 3.76. The molecule has 1 aliphatic heterocycles. The summed E-state index contributed by atoms with van der Waals surface area (Å²) in [5.74, 6) is 1.10. The molecule has 0 saturated heterocycles. The third-order valence-corrected chi connectivity index (χ3v) is 8.14. The van der Waals surface area contributed by atoms with E-state index in [1.807, 2.05) is 43.5 Å². The number of aryl methyl sites for hydroxylation is 1. The number of rotatable bonds is 3. The molecule has 1 N–H and O–H groups in total. The highest BCUT2D eigenvalue weighted by molar-refractivity contribution is 5.90. The number of aromatic nitrogens is 2. The van der Waals surface area contributed by atoms with Gasteiger partial charge in [-0.1, -0.05) is 92.7 Å². The average Bonchev–Trinajstić information content (AvgIpc) is 2.99. The lowest BCUT2D eigenvalue weighted by molar-refractivity contribution is 0.476. The van der Waals surface area contributed by atoms with Gasteiger partial charge in [0.15, 0.2) is 0 Å². The number of hydrogen-bond donors (Lipinski definition) is 1. The highest BCUT2D eigenvalue weighted by atomic mass is 16.3. The van der Waals surface area contributed by atoms with Gasteiger partial charge < -0.3 is 5.11 Å². The summed E-state index contributed by atoms with van der Waals surface area (Å²) < 4.78 is 0. The molecule has 0 saturated carbocycles. The maximum Gasteiger partial charge on any atom is 0.144 e. The van der Waals surface area contributed by atoms with E-state index in [1.165, 1.54) is 11.1 Å². The van der Waals surface area contributed by atoms with Crippen LogP contribution in [0.15, 0.2) is 115 Å². The van der Waals surface area contributed by atoms with Crippen molar-refractivity contribution in [2.75, 3.05) is 4.90 Å². The summed E-state index contributed by atoms with van der Waals surface area (Å²) in [6, 6.07) is 37.8. The number of pyridine rings is 2. The molecule has 0 amide bonds. The predicted molar refractivity (Wildman–Crippen MR) is 164 cm³/mol. The van der Waals surface area contributed by atoms with Gasteiger partial charge in [0, 0.05) is 22.6 Å². The molecule has 0 radical (unpaired) electrons. The molecule has 0 spiro atoms. The molecule has 4 heteroatoms. The molecule has 0 bridgehead atoms. The van der Waals surface area contributed by atoms with E-state index in [2.05, 4.69) is 97.6 Å². The summed E-state index contributed by atoms with van der Waals surface area (Å²) in [6.07, 6.45) is 1.89. The van der Waals surface area contributed by atoms with Crippen LogP contribution in [0.3, 0.4) is 0 Å². The maximum atomic E-state index is 10.7. The Hall–Kier alpha value is -4.96. The van der Waals surface area contributed by atoms with Crippen molar-refractivity contribution in [3.63, 3.8) is 0 Å². The first-order valence-electron chi connectivity index (χ1n) is 13.6. The molecule has 0 fully saturated rings. The van der Waals surface area contributed by atoms with Crippen LogP contribution in [0.1, 0.15) is 30.5 Å². The van der Waals surface area contributed by atoms with Crippen molar-refractivity contribution >= 4 is 28.1 Å². The van der Waals surface area contributed by atoms with Crippen LogP contribution in [-0.4, -0.2) is 15.1 Å². The van der Waals surface area contributed by atoms with Gasteiger partial charge in [-0.3, -0.25) is 4.90 Å². The van der Waals surface area contributed by atoms with Crippen molar-refractivity contribution in [2.24, 2.45) is 0 Å². The summed E-state index contributed by atoms with van der Waals surface area (Å²) in [7, 11) is 0. The maximum absolute atomic E-state index is 10.7. The second kappa shape index (κ2) is 9.06. The lowest BCUT2D eigenvalue weighted by Gasteiger charge is -2.41. The summed E-state index contributed by atoms with van der Waals surface area (Å²) in [5, 5.41) is 11.7. The molecule has 7 rings (SSSR count). The Bertz CT molecular complexity index is 1910. The van der Waals surface area contributed by atoms with Crippen LogP contribution in [0.25, 0.3) is 33.3 Å². The topological polar surface area (TPSA) is 49.2 Å². The largest absolute Gasteiger partial charge is 0.505 e. The predicted octanol–water partition coefficient (Wildman–Crippen LogP) is 9.09. The van der Waals surface area contributed by atoms with E-state index >= 15 is 0 Å². The zero-order valence-corrected chi connectivity index (χ0v) is 22.8. The molecular formula is C36H29N3O. The Labute approximate surface area is 234 Å². The van der Waals surface area contributed by atoms with Crippen LogP contribution in [0.5, 0.6) is 5.75 Å². The molecule has 40 heavy (non-hydrogen) atoms. The molecule has 2 aromatic heterocycles. The van der Waals surface area contributed by atoms with E-state index in [1.54, 1.807) is 0 Å². The first-order valence-corrected chi connectivity index (χ1v) is 13.6. The van der Waals surface area contributed by atoms with E-state index < -0.39 is 0 Å². The summed E-state index contributed by atoms with van der Waals surface area (Å²) >= 11 is 0. The Morgan fingerprint density at radius 1 is 0.675 bits per heavy atom. The third-order valence-electron chi connectivity index (χ3n) is 8.14. The van der Waals surface area contributed by atoms with Crippen molar-refractivity contribution in [3.8, 4) is 28.1 Å². The van der Waals surface area contributed by atoms with Crippen molar-refractivity contribution in [2.45, 2.75) is 26.2 Å². The van der Waals surface area contributed by atoms with E-state index in [0.717, 1.165) is 50.5 Å². The van der Waals surface area contributed by atoms with Gasteiger partial charge in [-0.25, -0.2) is 9.97 Å². The van der Waals surface area contributed by atoms with Gasteiger partial charge >= 0.3 is 0 Å². The van der Waals surface area contributed by atoms with Gasteiger partial charge in [0.1, 0.15) is 17.1 Å². The molecule has 0 unspecified atom stereocenters. The number of phenols is 1. The van der Waals surface area contributed by atoms with Gasteiger partial charge in [-0.05, 0) is 65.1 Å². The number of nitrogens with zero attached hydrogens (tertiary/aromatic N) is 3. The summed E-state index contributed by atoms with van der Waals surface area (Å²) in [4.78, 5) is 12.1. The lowest BCUT2D eigenvalue weighted by atomic mass is 9.73. The Kier molecular flexibility index (Phi) is 5.46. The minimum absolute atomic E-state index is 0.204. The van der Waals surface area contributed by atoms with E-state index in [9.17, 15) is 5.11 Å². The van der Waals surface area contributed by atoms with Gasteiger partial charge in [-0.15, -0.1) is 0 Å². The van der Waals surface area contributed by atoms with Crippen molar-refractivity contribution in [1.82, 2.24) is 9.97 Å². The van der Waals surface area contributed by atoms with Crippen LogP contribution < -0.4 is 4.90 Å². The minimum Gasteiger partial charge on any atom is -0.505 e. The number of fused-ring (bicyclic) bond motifs is 3. The molecule has 4 nitrogen and oxygen atoms in total. The smallest absolute Gasteiger partial charge is 0.144 e. The Morgan fingerprint density at radius 2 is 1.43 bits per heavy atom. The van der Waals surface area contributed by atoms with E-state index in [4.69, 9.17) is 9.97 Å². The van der Waals surface area contributed by atoms with Gasteiger partial charge in [0.2, 0.25) is 0 Å². The quantitative estimate of drug-likeness (QED) is 0.253. The number of anilines is 3. The molecular weight excluding hydrogens is 490 g/mol. The Balaban J connectivity index is 1.44. The molecule has 3 heterocycles. The van der Waals surface area contributed by atoms with Gasteiger partial charge in [-0.2, -0.15) is 0 Å². The van der Waals surface area contributed by atoms with Crippen molar-refractivity contribution < 1.29 is 5.11 Å². The molecule has 0 atom stereocenters. The number of hydrogen-bond acceptors (Lipinski definition) is 4. The van der Waals surface area contributed by atoms with E-state index in [0.29, 0.717) is 5.52 Å². The summed E-state index contributed by atoms with van der Waals surface area (Å²) in [6.45, 7) is 6.46. The molecule has 0 aliphatic carbocycles. The average molecular weight is 520 g/mol. The SMILES string of the molecule is Cc1ccc2ccc(-c3ccc4c(c3)N(c3cc(-c5ccccc5)ccn3)c3ccccc3C4(C)C)nc2c1O. The number of phenolic OH excluding ortho intramolecular Hbond substituents is 1. The number of benzene rings is 4. The van der Waals surface area contributed by atoms with Crippen LogP contribution in [0.4, 0.5) is 17.2 Å². The first kappa shape index (κ1) is 24.1. The first-order chi connectivity index (χ1) is 19.4. The number of para-hydroxylation sites is 1. The van der Waals surface area contributed by atoms with Gasteiger partial charge in [0.05, 0.1) is 17.1 Å². The molecule has 194 valence electrons. The highest BCUT2D eigenvalue weighted by Gasteiger charge is 2.37. The van der Waals surface area contributed by atoms with Crippen molar-refractivity contribution in [1.29, 1.82) is 0 Å². The van der Waals surface area contributed by atoms with Gasteiger partial charge in [0.25, 0.3) is 0 Å². The zero-order valence-electron chi connectivity index (χ0n) is 22.8. The lowest BCUT2D eigenvalue weighted by Crippen LogP contribution is -2.31. The van der Waals surface area contributed by atoms with Crippen LogP contribution in [0, 0.1) is 6.92 Å². The fourth-order valence-electron chi connectivity index (χ4n) is 5.91. The fraction of sp³-hybridized carbons (Fsp3) is 0.111. The minimum atomic E-state index is -0.204. The van der Waals surface area contributed by atoms with E-state index in [-0.39, 0.29) is 11.2 Å². The van der Waals surface area contributed by atoms with Crippen LogP contribution in [0.2, 0.25) is 0 Å². The van der Waals surface area contributed by atoms with Crippen LogP contribution in [-0.2, 0) is 5.41 Å². The zero-order chi connectivity index (χ0) is 27.4. The second-order valence-electron chi connectivity index (χ2n) is 11.0. The molecule has 4 aromatic carbocycles. The fourth-order valence-corrected chi connectivity index (χ4v) is 5.91. The standard InChI is InChI=1S/C36H29N3O/c1-23-13-14-25-16-18-30(38-34(25)35(23)40)27-15-17-29-32(21-27)39(31-12-8-7-11-28(31)36(29,2)3)33-22-26(19-20-37-33)24-9-5-4-6-10-24/h4-22,40H,1-3H3. The number of aromatic hydroxyl groups is 1. The monoisotopic (exact) mass is 519 g/mol. The van der Waals surface area contributed by atoms with Crippen LogP contribution >= 0.6 is 0 Å².